The fourth-order valence-corrected chi connectivity index (χ4v) is 1.65. The van der Waals surface area contributed by atoms with Crippen molar-refractivity contribution in [1.82, 2.24) is 0 Å². The molecule has 0 radical (unpaired) electrons. The van der Waals surface area contributed by atoms with E-state index in [0.29, 0.717) is 18.1 Å². The van der Waals surface area contributed by atoms with Gasteiger partial charge in [0, 0.05) is 12.3 Å². The first-order valence-electron chi connectivity index (χ1n) is 6.39. The average Bonchev–Trinajstić information content (AvgIpc) is 2.35. The van der Waals surface area contributed by atoms with Crippen molar-refractivity contribution in [3.63, 3.8) is 0 Å². The van der Waals surface area contributed by atoms with E-state index in [9.17, 15) is 4.79 Å². The van der Waals surface area contributed by atoms with Crippen molar-refractivity contribution in [2.24, 2.45) is 11.8 Å². The van der Waals surface area contributed by atoms with E-state index in [-0.39, 0.29) is 5.92 Å². The van der Waals surface area contributed by atoms with E-state index < -0.39 is 0 Å². The molecule has 1 aromatic carbocycles. The summed E-state index contributed by atoms with van der Waals surface area (Å²) in [5, 5.41) is 0. The van der Waals surface area contributed by atoms with Crippen LogP contribution in [0.5, 0.6) is 0 Å². The minimum atomic E-state index is 0.147. The molecule has 1 aromatic rings. The number of carbonyl (C=O) groups excluding carboxylic acids is 1. The van der Waals surface area contributed by atoms with Crippen LogP contribution in [0.1, 0.15) is 39.2 Å². The van der Waals surface area contributed by atoms with E-state index in [1.165, 1.54) is 5.56 Å². The lowest BCUT2D eigenvalue weighted by atomic mass is 9.93. The van der Waals surface area contributed by atoms with Crippen molar-refractivity contribution in [3.05, 3.63) is 42.0 Å². The summed E-state index contributed by atoms with van der Waals surface area (Å²) in [4.78, 5) is 11.7. The lowest BCUT2D eigenvalue weighted by molar-refractivity contribution is -0.122. The van der Waals surface area contributed by atoms with Gasteiger partial charge in [-0.05, 0) is 17.9 Å². The van der Waals surface area contributed by atoms with E-state index in [1.54, 1.807) is 0 Å². The summed E-state index contributed by atoms with van der Waals surface area (Å²) in [5.74, 6) is 0.869. The molecule has 92 valence electrons. The summed E-state index contributed by atoms with van der Waals surface area (Å²) >= 11 is 0. The maximum Gasteiger partial charge on any atom is 0.136 e. The summed E-state index contributed by atoms with van der Waals surface area (Å²) in [5.41, 5.74) is 1.20. The highest BCUT2D eigenvalue weighted by atomic mass is 16.1. The van der Waals surface area contributed by atoms with Crippen LogP contribution in [0.3, 0.4) is 0 Å². The van der Waals surface area contributed by atoms with Crippen molar-refractivity contribution in [2.75, 3.05) is 0 Å². The van der Waals surface area contributed by atoms with Crippen molar-refractivity contribution >= 4 is 11.9 Å². The monoisotopic (exact) mass is 230 g/mol. The van der Waals surface area contributed by atoms with Crippen LogP contribution in [0, 0.1) is 11.8 Å². The number of hydrogen-bond acceptors (Lipinski definition) is 1. The highest BCUT2D eigenvalue weighted by Gasteiger charge is 2.12. The van der Waals surface area contributed by atoms with Gasteiger partial charge in [-0.15, -0.1) is 0 Å². The fraction of sp³-hybridized carbons (Fsp3) is 0.438. The van der Waals surface area contributed by atoms with Gasteiger partial charge in [0.15, 0.2) is 0 Å². The van der Waals surface area contributed by atoms with Gasteiger partial charge < -0.3 is 0 Å². The quantitative estimate of drug-likeness (QED) is 0.710. The molecule has 0 aliphatic rings. The van der Waals surface area contributed by atoms with Crippen LogP contribution in [-0.4, -0.2) is 5.78 Å². The Morgan fingerprint density at radius 2 is 1.88 bits per heavy atom. The zero-order chi connectivity index (χ0) is 12.7. The minimum Gasteiger partial charge on any atom is -0.299 e. The highest BCUT2D eigenvalue weighted by Crippen LogP contribution is 2.15. The second-order valence-corrected chi connectivity index (χ2v) is 4.76. The molecule has 1 unspecified atom stereocenters. The Balaban J connectivity index is 2.58. The van der Waals surface area contributed by atoms with E-state index in [2.05, 4.69) is 31.2 Å². The Hall–Kier alpha value is -1.37. The van der Waals surface area contributed by atoms with E-state index in [1.807, 2.05) is 32.0 Å². The summed E-state index contributed by atoms with van der Waals surface area (Å²) in [7, 11) is 0. The molecule has 0 saturated heterocycles. The summed E-state index contributed by atoms with van der Waals surface area (Å²) in [6.07, 6.45) is 5.96. The molecule has 0 saturated carbocycles. The minimum absolute atomic E-state index is 0.147. The summed E-state index contributed by atoms with van der Waals surface area (Å²) in [6.45, 7) is 6.07. The van der Waals surface area contributed by atoms with Gasteiger partial charge in [-0.1, -0.05) is 63.3 Å². The van der Waals surface area contributed by atoms with Crippen LogP contribution < -0.4 is 0 Å². The van der Waals surface area contributed by atoms with Crippen LogP contribution in [-0.2, 0) is 4.79 Å². The third kappa shape index (κ3) is 4.99. The molecule has 0 heterocycles. The molecule has 17 heavy (non-hydrogen) atoms. The molecule has 1 nitrogen and oxygen atoms in total. The molecule has 0 amide bonds. The molecule has 0 fully saturated rings. The predicted molar refractivity (Wildman–Crippen MR) is 73.7 cm³/mol. The third-order valence-electron chi connectivity index (χ3n) is 2.99. The maximum absolute atomic E-state index is 11.7. The molecule has 0 bridgehead atoms. The normalized spacial score (nSPS) is 13.2. The zero-order valence-corrected chi connectivity index (χ0v) is 11.0. The first-order valence-corrected chi connectivity index (χ1v) is 6.39. The van der Waals surface area contributed by atoms with Crippen LogP contribution in [0.2, 0.25) is 0 Å². The Kier molecular flexibility index (Phi) is 5.68. The van der Waals surface area contributed by atoms with E-state index >= 15 is 0 Å². The Morgan fingerprint density at radius 3 is 2.41 bits per heavy atom. The van der Waals surface area contributed by atoms with Gasteiger partial charge in [-0.3, -0.25) is 4.79 Å². The maximum atomic E-state index is 11.7. The molecule has 0 spiro atoms. The number of rotatable bonds is 6. The second-order valence-electron chi connectivity index (χ2n) is 4.76. The summed E-state index contributed by atoms with van der Waals surface area (Å²) in [6, 6.07) is 10.2. The number of benzene rings is 1. The molecule has 0 N–H and O–H groups in total. The van der Waals surface area contributed by atoms with Crippen molar-refractivity contribution in [3.8, 4) is 0 Å². The number of ketones is 1. The zero-order valence-electron chi connectivity index (χ0n) is 11.0. The average molecular weight is 230 g/mol. The lowest BCUT2D eigenvalue weighted by Crippen LogP contribution is -2.11. The van der Waals surface area contributed by atoms with Crippen molar-refractivity contribution in [2.45, 2.75) is 33.6 Å². The second kappa shape index (κ2) is 7.05. The molecule has 0 aliphatic heterocycles. The highest BCUT2D eigenvalue weighted by molar-refractivity contribution is 5.80. The number of Topliss-reactive ketones (excluding diaryl/α,β-unsaturated/α-hetero) is 1. The van der Waals surface area contributed by atoms with Crippen LogP contribution in [0.4, 0.5) is 0 Å². The Morgan fingerprint density at radius 1 is 1.24 bits per heavy atom. The molecule has 0 aromatic heterocycles. The fourth-order valence-electron chi connectivity index (χ4n) is 1.65. The first kappa shape index (κ1) is 13.7. The van der Waals surface area contributed by atoms with Crippen molar-refractivity contribution in [1.29, 1.82) is 0 Å². The largest absolute Gasteiger partial charge is 0.299 e. The van der Waals surface area contributed by atoms with E-state index in [4.69, 9.17) is 0 Å². The van der Waals surface area contributed by atoms with Crippen LogP contribution in [0.25, 0.3) is 6.08 Å². The SMILES string of the molecule is CCC(/C=C/c1ccccc1)CC(=O)C(C)C. The number of carbonyl (C=O) groups is 1. The predicted octanol–water partition coefficient (Wildman–Crippen LogP) is 4.34. The smallest absolute Gasteiger partial charge is 0.136 e. The third-order valence-corrected chi connectivity index (χ3v) is 2.99. The molecular weight excluding hydrogens is 208 g/mol. The van der Waals surface area contributed by atoms with Crippen molar-refractivity contribution < 1.29 is 4.79 Å². The van der Waals surface area contributed by atoms with Gasteiger partial charge in [0.25, 0.3) is 0 Å². The number of allylic oxidation sites excluding steroid dienone is 1. The standard InChI is InChI=1S/C16H22O/c1-4-14(12-16(17)13(2)3)10-11-15-8-6-5-7-9-15/h5-11,13-14H,4,12H2,1-3H3/b11-10+. The summed E-state index contributed by atoms with van der Waals surface area (Å²) < 4.78 is 0. The van der Waals surface area contributed by atoms with Gasteiger partial charge in [0.05, 0.1) is 0 Å². The van der Waals surface area contributed by atoms with E-state index in [0.717, 1.165) is 6.42 Å². The molecule has 1 atom stereocenters. The molecule has 1 heteroatoms. The molecule has 1 rings (SSSR count). The number of hydrogen-bond donors (Lipinski definition) is 0. The Labute approximate surface area is 105 Å². The first-order chi connectivity index (χ1) is 8.13. The topological polar surface area (TPSA) is 17.1 Å². The lowest BCUT2D eigenvalue weighted by Gasteiger charge is -2.10. The molecule has 0 aliphatic carbocycles. The Bertz CT molecular complexity index is 362. The van der Waals surface area contributed by atoms with Gasteiger partial charge in [-0.2, -0.15) is 0 Å². The van der Waals surface area contributed by atoms with Gasteiger partial charge in [0.2, 0.25) is 0 Å². The van der Waals surface area contributed by atoms with Crippen LogP contribution >= 0.6 is 0 Å². The van der Waals surface area contributed by atoms with Gasteiger partial charge in [0.1, 0.15) is 5.78 Å². The van der Waals surface area contributed by atoms with Gasteiger partial charge >= 0.3 is 0 Å². The molecular formula is C16H22O. The van der Waals surface area contributed by atoms with Crippen LogP contribution in [0.15, 0.2) is 36.4 Å². The van der Waals surface area contributed by atoms with Gasteiger partial charge in [-0.25, -0.2) is 0 Å².